The Labute approximate surface area is 79.4 Å². The highest BCUT2D eigenvalue weighted by atomic mass is 16.5. The van der Waals surface area contributed by atoms with Gasteiger partial charge in [0.2, 0.25) is 0 Å². The van der Waals surface area contributed by atoms with Crippen LogP contribution in [0.1, 0.15) is 27.7 Å². The first kappa shape index (κ1) is 10.5. The maximum Gasteiger partial charge on any atom is 0.311 e. The Morgan fingerprint density at radius 1 is 1.31 bits per heavy atom. The van der Waals surface area contributed by atoms with Crippen molar-refractivity contribution in [2.45, 2.75) is 39.9 Å². The summed E-state index contributed by atoms with van der Waals surface area (Å²) < 4.78 is 10.5. The third kappa shape index (κ3) is 2.02. The van der Waals surface area contributed by atoms with Crippen LogP contribution in [0.5, 0.6) is 0 Å². The Kier molecular flexibility index (Phi) is 3.31. The van der Waals surface area contributed by atoms with Crippen LogP contribution in [0.3, 0.4) is 0 Å². The van der Waals surface area contributed by atoms with E-state index in [0.717, 1.165) is 0 Å². The number of hydrogen-bond acceptors (Lipinski definition) is 3. The molecule has 1 heterocycles. The lowest BCUT2D eigenvalue weighted by molar-refractivity contribution is -0.150. The fraction of sp³-hybridized carbons (Fsp3) is 0.900. The van der Waals surface area contributed by atoms with Gasteiger partial charge in [0.1, 0.15) is 0 Å². The van der Waals surface area contributed by atoms with Crippen LogP contribution in [0.2, 0.25) is 0 Å². The molecular weight excluding hydrogens is 168 g/mol. The minimum atomic E-state index is -0.119. The molecule has 1 saturated heterocycles. The van der Waals surface area contributed by atoms with Gasteiger partial charge in [-0.1, -0.05) is 6.92 Å². The lowest BCUT2D eigenvalue weighted by Gasteiger charge is -2.15. The van der Waals surface area contributed by atoms with Gasteiger partial charge in [-0.3, -0.25) is 4.79 Å². The van der Waals surface area contributed by atoms with Gasteiger partial charge in [-0.2, -0.15) is 0 Å². The fourth-order valence-corrected chi connectivity index (χ4v) is 1.91. The van der Waals surface area contributed by atoms with E-state index in [1.165, 1.54) is 0 Å². The largest absolute Gasteiger partial charge is 0.466 e. The number of hydrogen-bond donors (Lipinski definition) is 0. The van der Waals surface area contributed by atoms with Crippen molar-refractivity contribution in [3.8, 4) is 0 Å². The summed E-state index contributed by atoms with van der Waals surface area (Å²) in [4.78, 5) is 11.5. The van der Waals surface area contributed by atoms with Crippen molar-refractivity contribution in [3.63, 3.8) is 0 Å². The lowest BCUT2D eigenvalue weighted by Crippen LogP contribution is -2.28. The van der Waals surface area contributed by atoms with E-state index in [9.17, 15) is 4.79 Å². The zero-order valence-electron chi connectivity index (χ0n) is 8.74. The number of ether oxygens (including phenoxy) is 2. The van der Waals surface area contributed by atoms with Gasteiger partial charge in [-0.25, -0.2) is 0 Å². The second-order valence-electron chi connectivity index (χ2n) is 3.68. The average molecular weight is 186 g/mol. The van der Waals surface area contributed by atoms with E-state index < -0.39 is 0 Å². The standard InChI is InChI=1S/C10H18O3/c1-5-12-10(11)9-6(2)7(3)13-8(9)4/h6-9H,5H2,1-4H3. The SMILES string of the molecule is CCOC(=O)C1C(C)OC(C)C1C. The molecule has 0 aliphatic carbocycles. The van der Waals surface area contributed by atoms with E-state index in [2.05, 4.69) is 0 Å². The van der Waals surface area contributed by atoms with E-state index >= 15 is 0 Å². The normalized spacial score (nSPS) is 39.1. The Morgan fingerprint density at radius 3 is 2.31 bits per heavy atom. The minimum absolute atomic E-state index is 0.0101. The summed E-state index contributed by atoms with van der Waals surface area (Å²) in [6.45, 7) is 8.24. The number of carbonyl (C=O) groups is 1. The molecule has 1 rings (SSSR count). The molecule has 3 nitrogen and oxygen atoms in total. The Hall–Kier alpha value is -0.570. The number of rotatable bonds is 2. The Morgan fingerprint density at radius 2 is 1.92 bits per heavy atom. The summed E-state index contributed by atoms with van der Waals surface area (Å²) in [5.41, 5.74) is 0. The summed E-state index contributed by atoms with van der Waals surface area (Å²) in [6, 6.07) is 0. The molecule has 1 fully saturated rings. The Balaban J connectivity index is 2.62. The predicted octanol–water partition coefficient (Wildman–Crippen LogP) is 1.61. The quantitative estimate of drug-likeness (QED) is 0.615. The summed E-state index contributed by atoms with van der Waals surface area (Å²) in [5.74, 6) is 0.0517. The summed E-state index contributed by atoms with van der Waals surface area (Å²) >= 11 is 0. The van der Waals surface area contributed by atoms with Crippen LogP contribution in [0.25, 0.3) is 0 Å². The van der Waals surface area contributed by atoms with Crippen molar-refractivity contribution in [1.29, 1.82) is 0 Å². The molecule has 0 amide bonds. The third-order valence-corrected chi connectivity index (χ3v) is 2.80. The topological polar surface area (TPSA) is 35.5 Å². The molecule has 0 aromatic heterocycles. The van der Waals surface area contributed by atoms with Crippen LogP contribution >= 0.6 is 0 Å². The summed E-state index contributed by atoms with van der Waals surface area (Å²) in [6.07, 6.45) is 0.147. The van der Waals surface area contributed by atoms with E-state index in [1.807, 2.05) is 27.7 Å². The molecule has 0 radical (unpaired) electrons. The van der Waals surface area contributed by atoms with Crippen molar-refractivity contribution in [1.82, 2.24) is 0 Å². The van der Waals surface area contributed by atoms with Crippen LogP contribution in [0.4, 0.5) is 0 Å². The van der Waals surface area contributed by atoms with Gasteiger partial charge < -0.3 is 9.47 Å². The van der Waals surface area contributed by atoms with Crippen molar-refractivity contribution in [2.24, 2.45) is 11.8 Å². The Bertz CT molecular complexity index is 191. The van der Waals surface area contributed by atoms with E-state index in [4.69, 9.17) is 9.47 Å². The number of carbonyl (C=O) groups excluding carboxylic acids is 1. The summed E-state index contributed by atoms with van der Waals surface area (Å²) in [7, 11) is 0. The van der Waals surface area contributed by atoms with Crippen LogP contribution in [-0.4, -0.2) is 24.8 Å². The average Bonchev–Trinajstić information content (AvgIpc) is 2.27. The molecular formula is C10H18O3. The van der Waals surface area contributed by atoms with Crippen LogP contribution in [0, 0.1) is 11.8 Å². The predicted molar refractivity (Wildman–Crippen MR) is 49.3 cm³/mol. The van der Waals surface area contributed by atoms with Crippen molar-refractivity contribution >= 4 is 5.97 Å². The maximum absolute atomic E-state index is 11.5. The van der Waals surface area contributed by atoms with Gasteiger partial charge in [-0.15, -0.1) is 0 Å². The van der Waals surface area contributed by atoms with E-state index in [-0.39, 0.29) is 30.0 Å². The molecule has 1 aliphatic rings. The smallest absolute Gasteiger partial charge is 0.311 e. The second kappa shape index (κ2) is 4.09. The zero-order valence-corrected chi connectivity index (χ0v) is 8.74. The molecule has 4 unspecified atom stereocenters. The molecule has 0 saturated carbocycles. The molecule has 13 heavy (non-hydrogen) atoms. The van der Waals surface area contributed by atoms with E-state index in [1.54, 1.807) is 0 Å². The second-order valence-corrected chi connectivity index (χ2v) is 3.68. The third-order valence-electron chi connectivity index (χ3n) is 2.80. The van der Waals surface area contributed by atoms with Gasteiger partial charge in [0, 0.05) is 0 Å². The van der Waals surface area contributed by atoms with Gasteiger partial charge in [0.25, 0.3) is 0 Å². The van der Waals surface area contributed by atoms with Crippen LogP contribution < -0.4 is 0 Å². The first-order valence-corrected chi connectivity index (χ1v) is 4.90. The van der Waals surface area contributed by atoms with Gasteiger partial charge in [0.05, 0.1) is 24.7 Å². The van der Waals surface area contributed by atoms with Crippen LogP contribution in [0.15, 0.2) is 0 Å². The molecule has 4 atom stereocenters. The molecule has 3 heteroatoms. The maximum atomic E-state index is 11.5. The molecule has 0 aromatic carbocycles. The monoisotopic (exact) mass is 186 g/mol. The van der Waals surface area contributed by atoms with Crippen molar-refractivity contribution < 1.29 is 14.3 Å². The highest BCUT2D eigenvalue weighted by Gasteiger charge is 2.42. The minimum Gasteiger partial charge on any atom is -0.466 e. The molecule has 0 bridgehead atoms. The van der Waals surface area contributed by atoms with Gasteiger partial charge in [0.15, 0.2) is 0 Å². The lowest BCUT2D eigenvalue weighted by atomic mass is 9.90. The fourth-order valence-electron chi connectivity index (χ4n) is 1.91. The van der Waals surface area contributed by atoms with Crippen molar-refractivity contribution in [2.75, 3.05) is 6.61 Å². The first-order chi connectivity index (χ1) is 6.07. The molecule has 0 aromatic rings. The van der Waals surface area contributed by atoms with Gasteiger partial charge in [-0.05, 0) is 26.7 Å². The highest BCUT2D eigenvalue weighted by Crippen LogP contribution is 2.32. The molecule has 0 spiro atoms. The molecule has 1 aliphatic heterocycles. The summed E-state index contributed by atoms with van der Waals surface area (Å²) in [5, 5.41) is 0. The first-order valence-electron chi connectivity index (χ1n) is 4.90. The van der Waals surface area contributed by atoms with Crippen LogP contribution in [-0.2, 0) is 14.3 Å². The molecule has 76 valence electrons. The highest BCUT2D eigenvalue weighted by molar-refractivity contribution is 5.73. The van der Waals surface area contributed by atoms with E-state index in [0.29, 0.717) is 6.61 Å². The van der Waals surface area contributed by atoms with Gasteiger partial charge >= 0.3 is 5.97 Å². The zero-order chi connectivity index (χ0) is 10.0. The van der Waals surface area contributed by atoms with Crippen molar-refractivity contribution in [3.05, 3.63) is 0 Å². The molecule has 0 N–H and O–H groups in total. The number of esters is 1.